The van der Waals surface area contributed by atoms with Gasteiger partial charge in [-0.05, 0) is 80.0 Å². The maximum absolute atomic E-state index is 13.6. The van der Waals surface area contributed by atoms with Gasteiger partial charge in [0.2, 0.25) is 0 Å². The van der Waals surface area contributed by atoms with Gasteiger partial charge in [-0.15, -0.1) is 0 Å². The van der Waals surface area contributed by atoms with Crippen LogP contribution in [-0.2, 0) is 16.4 Å². The summed E-state index contributed by atoms with van der Waals surface area (Å²) >= 11 is 0. The number of sulfonamides is 1. The molecule has 0 spiro atoms. The minimum atomic E-state index is -3.68. The van der Waals surface area contributed by atoms with Gasteiger partial charge >= 0.3 is 0 Å². The summed E-state index contributed by atoms with van der Waals surface area (Å²) in [5.41, 5.74) is 3.84. The molecule has 0 heterocycles. The lowest BCUT2D eigenvalue weighted by molar-refractivity contribution is 0.315. The number of ether oxygens (including phenoxy) is 1. The van der Waals surface area contributed by atoms with E-state index in [1.807, 2.05) is 40.7 Å². The van der Waals surface area contributed by atoms with Gasteiger partial charge in [0, 0.05) is 6.54 Å². The van der Waals surface area contributed by atoms with Crippen molar-refractivity contribution in [1.29, 1.82) is 0 Å². The second-order valence-electron chi connectivity index (χ2n) is 8.43. The van der Waals surface area contributed by atoms with E-state index >= 15 is 0 Å². The Morgan fingerprint density at radius 3 is 2.27 bits per heavy atom. The van der Waals surface area contributed by atoms with E-state index in [0.717, 1.165) is 48.2 Å². The van der Waals surface area contributed by atoms with Gasteiger partial charge in [-0.2, -0.15) is 0 Å². The third-order valence-electron chi connectivity index (χ3n) is 5.08. The third kappa shape index (κ3) is 6.00. The van der Waals surface area contributed by atoms with Crippen molar-refractivity contribution >= 4 is 15.7 Å². The molecule has 0 aliphatic rings. The van der Waals surface area contributed by atoms with E-state index in [4.69, 9.17) is 4.74 Å². The van der Waals surface area contributed by atoms with Gasteiger partial charge < -0.3 is 4.74 Å². The van der Waals surface area contributed by atoms with E-state index in [1.165, 1.54) is 5.56 Å². The van der Waals surface area contributed by atoms with Crippen molar-refractivity contribution < 1.29 is 13.2 Å². The molecule has 2 aromatic carbocycles. The van der Waals surface area contributed by atoms with Crippen molar-refractivity contribution in [2.24, 2.45) is 5.92 Å². The molecule has 0 N–H and O–H groups in total. The van der Waals surface area contributed by atoms with E-state index in [-0.39, 0.29) is 5.92 Å². The van der Waals surface area contributed by atoms with Crippen LogP contribution < -0.4 is 9.04 Å². The van der Waals surface area contributed by atoms with E-state index in [1.54, 1.807) is 22.5 Å². The van der Waals surface area contributed by atoms with Crippen molar-refractivity contribution in [1.82, 2.24) is 0 Å². The van der Waals surface area contributed by atoms with Crippen LogP contribution in [0.25, 0.3) is 0 Å². The molecule has 2 aromatic rings. The van der Waals surface area contributed by atoms with Crippen LogP contribution in [0.1, 0.15) is 63.6 Å². The average Bonchev–Trinajstić information content (AvgIpc) is 2.69. The standard InChI is InChI=1S/C25H37NO3S/c1-7-9-10-22-11-13-24(20(5)16-22)26(18-19(3)4)30(27,28)23-12-14-25(21(6)17-23)29-15-8-2/h11-14,16-17,19H,7-10,15,18H2,1-6H3. The first-order chi connectivity index (χ1) is 14.2. The lowest BCUT2D eigenvalue weighted by Gasteiger charge is -2.28. The Morgan fingerprint density at radius 2 is 1.70 bits per heavy atom. The molecule has 2 rings (SSSR count). The highest BCUT2D eigenvalue weighted by Crippen LogP contribution is 2.31. The number of aryl methyl sites for hydroxylation is 3. The SMILES string of the molecule is CCCCc1ccc(N(CC(C)C)S(=O)(=O)c2ccc(OCCC)c(C)c2)c(C)c1. The van der Waals surface area contributed by atoms with Crippen LogP contribution in [0.4, 0.5) is 5.69 Å². The van der Waals surface area contributed by atoms with Gasteiger partial charge in [0.15, 0.2) is 0 Å². The second kappa shape index (κ2) is 10.9. The summed E-state index contributed by atoms with van der Waals surface area (Å²) in [6.07, 6.45) is 4.21. The zero-order valence-electron chi connectivity index (χ0n) is 19.4. The molecule has 0 atom stereocenters. The lowest BCUT2D eigenvalue weighted by atomic mass is 10.0. The first-order valence-corrected chi connectivity index (χ1v) is 12.5. The predicted molar refractivity (Wildman–Crippen MR) is 126 cm³/mol. The van der Waals surface area contributed by atoms with E-state index in [0.29, 0.717) is 18.0 Å². The highest BCUT2D eigenvalue weighted by molar-refractivity contribution is 7.92. The highest BCUT2D eigenvalue weighted by atomic mass is 32.2. The number of hydrogen-bond donors (Lipinski definition) is 0. The fourth-order valence-corrected chi connectivity index (χ4v) is 5.25. The Kier molecular flexibility index (Phi) is 8.78. The molecular formula is C25H37NO3S. The minimum Gasteiger partial charge on any atom is -0.493 e. The summed E-state index contributed by atoms with van der Waals surface area (Å²) in [7, 11) is -3.68. The molecule has 0 aliphatic heterocycles. The molecule has 0 saturated heterocycles. The molecule has 5 heteroatoms. The number of unbranched alkanes of at least 4 members (excludes halogenated alkanes) is 1. The fourth-order valence-electron chi connectivity index (χ4n) is 3.47. The highest BCUT2D eigenvalue weighted by Gasteiger charge is 2.27. The summed E-state index contributed by atoms with van der Waals surface area (Å²) in [5.74, 6) is 0.940. The lowest BCUT2D eigenvalue weighted by Crippen LogP contribution is -2.35. The summed E-state index contributed by atoms with van der Waals surface area (Å²) in [4.78, 5) is 0.305. The molecule has 0 bridgehead atoms. The molecule has 0 aliphatic carbocycles. The average molecular weight is 432 g/mol. The van der Waals surface area contributed by atoms with E-state index < -0.39 is 10.0 Å². The van der Waals surface area contributed by atoms with Crippen molar-refractivity contribution in [3.05, 3.63) is 53.1 Å². The molecule has 0 radical (unpaired) electrons. The maximum Gasteiger partial charge on any atom is 0.264 e. The van der Waals surface area contributed by atoms with Crippen molar-refractivity contribution in [2.75, 3.05) is 17.5 Å². The third-order valence-corrected chi connectivity index (χ3v) is 6.85. The van der Waals surface area contributed by atoms with Crippen LogP contribution in [0.2, 0.25) is 0 Å². The van der Waals surface area contributed by atoms with Crippen LogP contribution in [0.5, 0.6) is 5.75 Å². The van der Waals surface area contributed by atoms with Crippen LogP contribution in [0.15, 0.2) is 41.3 Å². The number of hydrogen-bond acceptors (Lipinski definition) is 3. The summed E-state index contributed by atoms with van der Waals surface area (Å²) in [6, 6.07) is 11.3. The molecular weight excluding hydrogens is 394 g/mol. The van der Waals surface area contributed by atoms with Crippen molar-refractivity contribution in [2.45, 2.75) is 72.1 Å². The molecule has 0 saturated carbocycles. The first kappa shape index (κ1) is 24.3. The van der Waals surface area contributed by atoms with Gasteiger partial charge in [0.05, 0.1) is 17.2 Å². The smallest absolute Gasteiger partial charge is 0.264 e. The molecule has 30 heavy (non-hydrogen) atoms. The van der Waals surface area contributed by atoms with Crippen LogP contribution in [0.3, 0.4) is 0 Å². The van der Waals surface area contributed by atoms with Gasteiger partial charge in [-0.3, -0.25) is 4.31 Å². The quantitative estimate of drug-likeness (QED) is 0.420. The first-order valence-electron chi connectivity index (χ1n) is 11.1. The number of nitrogens with zero attached hydrogens (tertiary/aromatic N) is 1. The zero-order chi connectivity index (χ0) is 22.3. The molecule has 0 unspecified atom stereocenters. The summed E-state index contributed by atoms with van der Waals surface area (Å²) in [5, 5.41) is 0. The second-order valence-corrected chi connectivity index (χ2v) is 10.3. The van der Waals surface area contributed by atoms with Gasteiger partial charge in [-0.25, -0.2) is 8.42 Å². The normalized spacial score (nSPS) is 11.7. The molecule has 166 valence electrons. The largest absolute Gasteiger partial charge is 0.493 e. The Labute approximate surface area is 183 Å². The van der Waals surface area contributed by atoms with Crippen molar-refractivity contribution in [3.63, 3.8) is 0 Å². The summed E-state index contributed by atoms with van der Waals surface area (Å²) < 4.78 is 34.6. The summed E-state index contributed by atoms with van der Waals surface area (Å²) in [6.45, 7) is 13.3. The molecule has 0 amide bonds. The Hall–Kier alpha value is -2.01. The van der Waals surface area contributed by atoms with Gasteiger partial charge in [0.25, 0.3) is 10.0 Å². The number of anilines is 1. The Bertz CT molecular complexity index is 935. The van der Waals surface area contributed by atoms with Crippen LogP contribution in [0, 0.1) is 19.8 Å². The predicted octanol–water partition coefficient (Wildman–Crippen LogP) is 6.29. The number of rotatable bonds is 11. The van der Waals surface area contributed by atoms with Gasteiger partial charge in [-0.1, -0.05) is 46.2 Å². The fraction of sp³-hybridized carbons (Fsp3) is 0.520. The number of benzene rings is 2. The molecule has 0 fully saturated rings. The topological polar surface area (TPSA) is 46.6 Å². The zero-order valence-corrected chi connectivity index (χ0v) is 20.2. The van der Waals surface area contributed by atoms with Gasteiger partial charge in [0.1, 0.15) is 5.75 Å². The van der Waals surface area contributed by atoms with Crippen LogP contribution >= 0.6 is 0 Å². The maximum atomic E-state index is 13.6. The van der Waals surface area contributed by atoms with E-state index in [2.05, 4.69) is 19.1 Å². The molecule has 0 aromatic heterocycles. The van der Waals surface area contributed by atoms with Crippen molar-refractivity contribution in [3.8, 4) is 5.75 Å². The monoisotopic (exact) mass is 431 g/mol. The Balaban J connectivity index is 2.44. The van der Waals surface area contributed by atoms with Crippen LogP contribution in [-0.4, -0.2) is 21.6 Å². The molecule has 4 nitrogen and oxygen atoms in total. The Morgan fingerprint density at radius 1 is 0.967 bits per heavy atom. The van der Waals surface area contributed by atoms with E-state index in [9.17, 15) is 8.42 Å². The minimum absolute atomic E-state index is 0.201.